The third-order valence-electron chi connectivity index (χ3n) is 4.63. The maximum atomic E-state index is 10.0. The SMILES string of the molecule is CC(C)NCC1(CN2CCC(C)C(O)C2)CCOC1. The largest absolute Gasteiger partial charge is 0.392 e. The van der Waals surface area contributed by atoms with Crippen molar-refractivity contribution in [1.82, 2.24) is 10.2 Å². The van der Waals surface area contributed by atoms with Crippen LogP contribution < -0.4 is 5.32 Å². The smallest absolute Gasteiger partial charge is 0.0693 e. The second kappa shape index (κ2) is 6.53. The predicted octanol–water partition coefficient (Wildman–Crippen LogP) is 1.09. The zero-order valence-electron chi connectivity index (χ0n) is 12.7. The summed E-state index contributed by atoms with van der Waals surface area (Å²) < 4.78 is 5.65. The van der Waals surface area contributed by atoms with Crippen LogP contribution in [0.5, 0.6) is 0 Å². The summed E-state index contributed by atoms with van der Waals surface area (Å²) in [6.07, 6.45) is 2.08. The monoisotopic (exact) mass is 270 g/mol. The van der Waals surface area contributed by atoms with Gasteiger partial charge in [0.2, 0.25) is 0 Å². The van der Waals surface area contributed by atoms with Gasteiger partial charge in [-0.25, -0.2) is 0 Å². The fraction of sp³-hybridized carbons (Fsp3) is 1.00. The van der Waals surface area contributed by atoms with Crippen LogP contribution in [0.25, 0.3) is 0 Å². The summed E-state index contributed by atoms with van der Waals surface area (Å²) in [4.78, 5) is 2.43. The van der Waals surface area contributed by atoms with Crippen molar-refractivity contribution in [3.8, 4) is 0 Å². The zero-order chi connectivity index (χ0) is 13.9. The molecular weight excluding hydrogens is 240 g/mol. The van der Waals surface area contributed by atoms with Crippen molar-refractivity contribution in [3.05, 3.63) is 0 Å². The molecular formula is C15H30N2O2. The molecule has 0 saturated carbocycles. The number of piperidine rings is 1. The Bertz CT molecular complexity index is 277. The first-order chi connectivity index (χ1) is 9.01. The third-order valence-corrected chi connectivity index (χ3v) is 4.63. The Kier molecular flexibility index (Phi) is 5.23. The summed E-state index contributed by atoms with van der Waals surface area (Å²) in [5, 5.41) is 13.6. The molecule has 2 heterocycles. The number of aliphatic hydroxyl groups is 1. The van der Waals surface area contributed by atoms with E-state index in [1.807, 2.05) is 0 Å². The van der Waals surface area contributed by atoms with Crippen molar-refractivity contribution in [2.45, 2.75) is 45.8 Å². The quantitative estimate of drug-likeness (QED) is 0.785. The molecule has 0 spiro atoms. The number of nitrogens with one attached hydrogen (secondary N) is 1. The Balaban J connectivity index is 1.89. The molecule has 2 fully saturated rings. The number of nitrogens with zero attached hydrogens (tertiary/aromatic N) is 1. The molecule has 2 aliphatic rings. The van der Waals surface area contributed by atoms with Crippen molar-refractivity contribution in [3.63, 3.8) is 0 Å². The molecule has 112 valence electrons. The van der Waals surface area contributed by atoms with Crippen molar-refractivity contribution in [2.75, 3.05) is 39.4 Å². The van der Waals surface area contributed by atoms with Crippen LogP contribution in [-0.4, -0.2) is 61.5 Å². The lowest BCUT2D eigenvalue weighted by molar-refractivity contribution is 0.00694. The lowest BCUT2D eigenvalue weighted by Crippen LogP contribution is -2.51. The lowest BCUT2D eigenvalue weighted by atomic mass is 9.85. The van der Waals surface area contributed by atoms with Gasteiger partial charge in [-0.2, -0.15) is 0 Å². The van der Waals surface area contributed by atoms with Gasteiger partial charge in [0.15, 0.2) is 0 Å². The van der Waals surface area contributed by atoms with Gasteiger partial charge in [0, 0.05) is 37.7 Å². The van der Waals surface area contributed by atoms with E-state index < -0.39 is 0 Å². The summed E-state index contributed by atoms with van der Waals surface area (Å²) in [6.45, 7) is 12.3. The first-order valence-electron chi connectivity index (χ1n) is 7.72. The first-order valence-corrected chi connectivity index (χ1v) is 7.72. The number of likely N-dealkylation sites (tertiary alicyclic amines) is 1. The minimum absolute atomic E-state index is 0.161. The average molecular weight is 270 g/mol. The van der Waals surface area contributed by atoms with Gasteiger partial charge >= 0.3 is 0 Å². The number of rotatable bonds is 5. The normalized spacial score (nSPS) is 37.1. The summed E-state index contributed by atoms with van der Waals surface area (Å²) in [6, 6.07) is 0.518. The molecule has 0 aromatic carbocycles. The van der Waals surface area contributed by atoms with Crippen LogP contribution >= 0.6 is 0 Å². The molecule has 2 rings (SSSR count). The fourth-order valence-corrected chi connectivity index (χ4v) is 3.12. The highest BCUT2D eigenvalue weighted by Gasteiger charge is 2.38. The van der Waals surface area contributed by atoms with Gasteiger partial charge in [-0.3, -0.25) is 0 Å². The lowest BCUT2D eigenvalue weighted by Gasteiger charge is -2.40. The summed E-state index contributed by atoms with van der Waals surface area (Å²) >= 11 is 0. The average Bonchev–Trinajstić information content (AvgIpc) is 2.81. The molecule has 0 bridgehead atoms. The Morgan fingerprint density at radius 1 is 1.47 bits per heavy atom. The second-order valence-corrected chi connectivity index (χ2v) is 6.91. The summed E-state index contributed by atoms with van der Waals surface area (Å²) in [5.41, 5.74) is 0.241. The van der Waals surface area contributed by atoms with Crippen molar-refractivity contribution < 1.29 is 9.84 Å². The molecule has 4 nitrogen and oxygen atoms in total. The van der Waals surface area contributed by atoms with Gasteiger partial charge in [0.05, 0.1) is 12.7 Å². The first kappa shape index (κ1) is 15.2. The maximum absolute atomic E-state index is 10.0. The minimum Gasteiger partial charge on any atom is -0.392 e. The molecule has 0 radical (unpaired) electrons. The van der Waals surface area contributed by atoms with Crippen LogP contribution in [-0.2, 0) is 4.74 Å². The molecule has 19 heavy (non-hydrogen) atoms. The molecule has 0 aromatic heterocycles. The highest BCUT2D eigenvalue weighted by molar-refractivity contribution is 4.91. The van der Waals surface area contributed by atoms with E-state index in [1.54, 1.807) is 0 Å². The molecule has 2 saturated heterocycles. The van der Waals surface area contributed by atoms with Crippen molar-refractivity contribution in [1.29, 1.82) is 0 Å². The number of β-amino-alcohol motifs (C(OH)–C–C–N with tert-alkyl or cyclic N) is 1. The Morgan fingerprint density at radius 3 is 2.84 bits per heavy atom. The highest BCUT2D eigenvalue weighted by atomic mass is 16.5. The summed E-state index contributed by atoms with van der Waals surface area (Å²) in [7, 11) is 0. The number of aliphatic hydroxyl groups excluding tert-OH is 1. The van der Waals surface area contributed by atoms with E-state index in [9.17, 15) is 5.11 Å². The van der Waals surface area contributed by atoms with Crippen LogP contribution in [0, 0.1) is 11.3 Å². The van der Waals surface area contributed by atoms with Gasteiger partial charge in [0.25, 0.3) is 0 Å². The van der Waals surface area contributed by atoms with Crippen molar-refractivity contribution >= 4 is 0 Å². The van der Waals surface area contributed by atoms with Crippen LogP contribution in [0.2, 0.25) is 0 Å². The Morgan fingerprint density at radius 2 is 2.26 bits per heavy atom. The summed E-state index contributed by atoms with van der Waals surface area (Å²) in [5.74, 6) is 0.445. The molecule has 0 aliphatic carbocycles. The fourth-order valence-electron chi connectivity index (χ4n) is 3.12. The third kappa shape index (κ3) is 4.15. The second-order valence-electron chi connectivity index (χ2n) is 6.91. The van der Waals surface area contributed by atoms with Crippen LogP contribution in [0.4, 0.5) is 0 Å². The maximum Gasteiger partial charge on any atom is 0.0693 e. The van der Waals surface area contributed by atoms with Crippen LogP contribution in [0.3, 0.4) is 0 Å². The zero-order valence-corrected chi connectivity index (χ0v) is 12.7. The Hall–Kier alpha value is -0.160. The van der Waals surface area contributed by atoms with Crippen LogP contribution in [0.1, 0.15) is 33.6 Å². The number of ether oxygens (including phenoxy) is 1. The van der Waals surface area contributed by atoms with Gasteiger partial charge in [-0.1, -0.05) is 20.8 Å². The minimum atomic E-state index is -0.161. The highest BCUT2D eigenvalue weighted by Crippen LogP contribution is 2.31. The predicted molar refractivity (Wildman–Crippen MR) is 77.2 cm³/mol. The van der Waals surface area contributed by atoms with E-state index >= 15 is 0 Å². The van der Waals surface area contributed by atoms with E-state index in [-0.39, 0.29) is 11.5 Å². The number of hydrogen-bond acceptors (Lipinski definition) is 4. The van der Waals surface area contributed by atoms with Gasteiger partial charge in [-0.15, -0.1) is 0 Å². The van der Waals surface area contributed by atoms with E-state index in [2.05, 4.69) is 31.0 Å². The molecule has 3 atom stereocenters. The van der Waals surface area contributed by atoms with Crippen molar-refractivity contribution in [2.24, 2.45) is 11.3 Å². The molecule has 2 N–H and O–H groups in total. The van der Waals surface area contributed by atoms with Gasteiger partial charge in [-0.05, 0) is 25.3 Å². The number of hydrogen-bond donors (Lipinski definition) is 2. The topological polar surface area (TPSA) is 44.7 Å². The van der Waals surface area contributed by atoms with E-state index in [1.165, 1.54) is 0 Å². The molecule has 0 amide bonds. The standard InChI is InChI=1S/C15H30N2O2/c1-12(2)16-9-15(5-7-19-11-15)10-17-6-4-13(3)14(18)8-17/h12-14,16,18H,4-11H2,1-3H3. The van der Waals surface area contributed by atoms with E-state index in [4.69, 9.17) is 4.74 Å². The molecule has 4 heteroatoms. The van der Waals surface area contributed by atoms with E-state index in [0.717, 1.165) is 52.2 Å². The van der Waals surface area contributed by atoms with Gasteiger partial charge in [0.1, 0.15) is 0 Å². The molecule has 0 aromatic rings. The van der Waals surface area contributed by atoms with Crippen LogP contribution in [0.15, 0.2) is 0 Å². The van der Waals surface area contributed by atoms with E-state index in [0.29, 0.717) is 12.0 Å². The molecule has 3 unspecified atom stereocenters. The molecule has 2 aliphatic heterocycles. The van der Waals surface area contributed by atoms with Gasteiger partial charge < -0.3 is 20.1 Å². The Labute approximate surface area is 117 Å².